The number of nitrogens with one attached hydrogen (secondary N) is 6. The molecule has 2 aromatic rings. The number of carbonyl (C=O) groups is 5. The zero-order chi connectivity index (χ0) is 49.3. The average molecular weight is 955 g/mol. The van der Waals surface area contributed by atoms with Crippen molar-refractivity contribution in [3.8, 4) is 0 Å². The molecule has 68 heavy (non-hydrogen) atoms. The predicted octanol–water partition coefficient (Wildman–Crippen LogP) is 0.671. The molecule has 0 saturated carbocycles. The van der Waals surface area contributed by atoms with Gasteiger partial charge >= 0.3 is 0 Å². The number of rotatable bonds is 31. The summed E-state index contributed by atoms with van der Waals surface area (Å²) in [7, 11) is 0. The Balaban J connectivity index is 0.995. The van der Waals surface area contributed by atoms with E-state index in [0.29, 0.717) is 101 Å². The summed E-state index contributed by atoms with van der Waals surface area (Å²) >= 11 is 0. The van der Waals surface area contributed by atoms with E-state index in [1.165, 1.54) is 4.90 Å². The first-order valence-electron chi connectivity index (χ1n) is 23.1. The molecule has 21 heteroatoms. The molecule has 1 saturated heterocycles. The van der Waals surface area contributed by atoms with E-state index in [9.17, 15) is 33.9 Å². The Bertz CT molecular complexity index is 2080. The van der Waals surface area contributed by atoms with Gasteiger partial charge in [0.2, 0.25) is 23.6 Å². The summed E-state index contributed by atoms with van der Waals surface area (Å²) in [4.78, 5) is 81.0. The Labute approximate surface area is 397 Å². The van der Waals surface area contributed by atoms with Crippen LogP contribution in [0.4, 0.5) is 5.69 Å². The van der Waals surface area contributed by atoms with Crippen molar-refractivity contribution in [3.63, 3.8) is 0 Å². The lowest BCUT2D eigenvalue weighted by Crippen LogP contribution is -2.39. The van der Waals surface area contributed by atoms with Crippen LogP contribution in [0.5, 0.6) is 0 Å². The summed E-state index contributed by atoms with van der Waals surface area (Å²) in [5.41, 5.74) is 4.86. The number of aliphatic hydroxyl groups excluding tert-OH is 1. The molecule has 1 atom stereocenters. The number of H-pyrrole nitrogens is 1. The van der Waals surface area contributed by atoms with E-state index >= 15 is 0 Å². The molecule has 0 bridgehead atoms. The molecule has 0 spiro atoms. The van der Waals surface area contributed by atoms with Crippen LogP contribution in [0.1, 0.15) is 71.4 Å². The highest BCUT2D eigenvalue weighted by Crippen LogP contribution is 2.30. The van der Waals surface area contributed by atoms with Crippen LogP contribution in [0.15, 0.2) is 29.1 Å². The Morgan fingerprint density at radius 2 is 1.47 bits per heavy atom. The van der Waals surface area contributed by atoms with Crippen molar-refractivity contribution in [2.45, 2.75) is 65.6 Å². The number of β-amino-alcohol motifs (C(OH)–C–C–N with tert-alkyl or cyclic N) is 1. The fraction of sp³-hybridized carbons (Fsp3) is 0.596. The van der Waals surface area contributed by atoms with Gasteiger partial charge in [-0.15, -0.1) is 0 Å². The second-order valence-electron chi connectivity index (χ2n) is 16.6. The second-order valence-corrected chi connectivity index (χ2v) is 16.6. The van der Waals surface area contributed by atoms with Gasteiger partial charge in [-0.1, -0.05) is 6.08 Å². The van der Waals surface area contributed by atoms with Crippen LogP contribution < -0.4 is 26.8 Å². The number of amides is 5. The Kier molecular flexibility index (Phi) is 24.3. The number of nitrogens with zero attached hydrogens (tertiary/aromatic N) is 2. The fourth-order valence-corrected chi connectivity index (χ4v) is 7.25. The number of aromatic nitrogens is 1. The minimum atomic E-state index is -0.498. The van der Waals surface area contributed by atoms with Gasteiger partial charge < -0.3 is 75.0 Å². The lowest BCUT2D eigenvalue weighted by Gasteiger charge is -2.27. The van der Waals surface area contributed by atoms with Crippen molar-refractivity contribution in [2.24, 2.45) is 0 Å². The molecule has 376 valence electrons. The lowest BCUT2D eigenvalue weighted by molar-refractivity contribution is -0.136. The normalized spacial score (nSPS) is 14.7. The number of aryl methyl sites for hydroxylation is 2. The molecule has 0 unspecified atom stereocenters. The smallest absolute Gasteiger partial charge is 0.253 e. The van der Waals surface area contributed by atoms with Crippen molar-refractivity contribution in [1.82, 2.24) is 30.7 Å². The molecule has 3 heterocycles. The molecule has 4 rings (SSSR count). The standard InChI is InChI=1S/C47H70N8O13/c1-32(2)52-41-25-36(24-38(39(41)26-48)46(61)51-27-40-33(3)23-34(4)53-47(40)62)35-5-10-54(11-6-35)45(60)31-68-22-20-66-19-21-67-30-43(58)49-9-14-64-16-18-65-17-15-63-13-8-42(57)50-28-44(59)55-12-7-37(56)29-55/h5,23-26,32,37,48,52,56H,6-22,27-31H2,1-4H3,(H,49,58)(H,50,57)(H,51,61)(H,53,62)/t37-/m1/s1. The molecule has 0 radical (unpaired) electrons. The molecule has 1 aromatic heterocycles. The van der Waals surface area contributed by atoms with E-state index < -0.39 is 12.0 Å². The maximum absolute atomic E-state index is 13.6. The fourth-order valence-electron chi connectivity index (χ4n) is 7.25. The summed E-state index contributed by atoms with van der Waals surface area (Å²) < 4.78 is 32.7. The van der Waals surface area contributed by atoms with Crippen molar-refractivity contribution in [2.75, 3.05) is 124 Å². The highest BCUT2D eigenvalue weighted by Gasteiger charge is 2.25. The van der Waals surface area contributed by atoms with Crippen molar-refractivity contribution in [1.29, 1.82) is 5.41 Å². The zero-order valence-corrected chi connectivity index (χ0v) is 39.8. The summed E-state index contributed by atoms with van der Waals surface area (Å²) in [6.07, 6.45) is 3.83. The van der Waals surface area contributed by atoms with Crippen LogP contribution in [-0.2, 0) is 54.1 Å². The number of aliphatic hydroxyl groups is 1. The highest BCUT2D eigenvalue weighted by molar-refractivity contribution is 6.06. The Morgan fingerprint density at radius 3 is 2.09 bits per heavy atom. The molecule has 2 aliphatic rings. The van der Waals surface area contributed by atoms with Gasteiger partial charge in [-0.25, -0.2) is 0 Å². The first-order valence-corrected chi connectivity index (χ1v) is 23.1. The molecule has 0 aliphatic carbocycles. The Morgan fingerprint density at radius 1 is 0.809 bits per heavy atom. The first kappa shape index (κ1) is 55.0. The molecule has 5 amide bonds. The van der Waals surface area contributed by atoms with Crippen molar-refractivity contribution >= 4 is 47.0 Å². The number of pyridine rings is 1. The van der Waals surface area contributed by atoms with Crippen LogP contribution in [0.2, 0.25) is 0 Å². The highest BCUT2D eigenvalue weighted by atomic mass is 16.6. The Hall–Kier alpha value is -5.55. The van der Waals surface area contributed by atoms with Gasteiger partial charge in [0.25, 0.3) is 11.5 Å². The van der Waals surface area contributed by atoms with Crippen molar-refractivity contribution in [3.05, 3.63) is 68.1 Å². The van der Waals surface area contributed by atoms with E-state index in [2.05, 4.69) is 26.3 Å². The van der Waals surface area contributed by atoms with Gasteiger partial charge in [-0.3, -0.25) is 28.8 Å². The summed E-state index contributed by atoms with van der Waals surface area (Å²) in [5, 5.41) is 29.1. The maximum atomic E-state index is 13.6. The van der Waals surface area contributed by atoms with Crippen LogP contribution in [0, 0.1) is 19.3 Å². The van der Waals surface area contributed by atoms with Crippen LogP contribution in [-0.4, -0.2) is 186 Å². The van der Waals surface area contributed by atoms with Crippen LogP contribution >= 0.6 is 0 Å². The molecular weight excluding hydrogens is 885 g/mol. The molecule has 7 N–H and O–H groups in total. The van der Waals surface area contributed by atoms with Gasteiger partial charge in [0.1, 0.15) is 13.2 Å². The minimum absolute atomic E-state index is 0.0312. The summed E-state index contributed by atoms with van der Waals surface area (Å²) in [6.45, 7) is 11.8. The number of hydrogen-bond donors (Lipinski definition) is 7. The van der Waals surface area contributed by atoms with Crippen LogP contribution in [0.3, 0.4) is 0 Å². The molecule has 21 nitrogen and oxygen atoms in total. The number of aromatic amines is 1. The quantitative estimate of drug-likeness (QED) is 0.0405. The molecular formula is C47H70N8O13. The van der Waals surface area contributed by atoms with E-state index in [1.807, 2.05) is 39.0 Å². The van der Waals surface area contributed by atoms with Gasteiger partial charge in [0, 0.05) is 80.5 Å². The zero-order valence-electron chi connectivity index (χ0n) is 39.8. The van der Waals surface area contributed by atoms with Crippen molar-refractivity contribution < 1.29 is 57.5 Å². The van der Waals surface area contributed by atoms with E-state index in [4.69, 9.17) is 33.8 Å². The number of likely N-dealkylation sites (tertiary alicyclic amines) is 1. The largest absolute Gasteiger partial charge is 0.391 e. The maximum Gasteiger partial charge on any atom is 0.253 e. The topological polar surface area (TPSA) is 272 Å². The molecule has 2 aliphatic heterocycles. The predicted molar refractivity (Wildman–Crippen MR) is 253 cm³/mol. The number of benzene rings is 1. The van der Waals surface area contributed by atoms with E-state index in [-0.39, 0.29) is 101 Å². The third-order valence-electron chi connectivity index (χ3n) is 10.8. The number of anilines is 1. The third kappa shape index (κ3) is 19.6. The average Bonchev–Trinajstić information content (AvgIpc) is 3.75. The summed E-state index contributed by atoms with van der Waals surface area (Å²) in [5.74, 6) is -1.37. The van der Waals surface area contributed by atoms with Gasteiger partial charge in [-0.05, 0) is 75.4 Å². The van der Waals surface area contributed by atoms with Gasteiger partial charge in [0.05, 0.1) is 84.3 Å². The number of ether oxygens (including phenoxy) is 6. The second kappa shape index (κ2) is 30.0. The molecule has 1 fully saturated rings. The number of carbonyl (C=O) groups excluding carboxylic acids is 5. The SMILES string of the molecule is Cc1cc(C)c(CNC(=O)c2cc(C3=CCN(C(=O)COCCOCCOCC(=O)NCCOCCOCCOCCC(=O)NCC(=O)N4CC[C@@H](O)C4)CC3)cc(NC(C)C)c2C=N)c(=O)[nH]1. The van der Waals surface area contributed by atoms with E-state index in [0.717, 1.165) is 28.6 Å². The number of hydrogen-bond acceptors (Lipinski definition) is 15. The minimum Gasteiger partial charge on any atom is -0.391 e. The van der Waals surface area contributed by atoms with Gasteiger partial charge in [-0.2, -0.15) is 0 Å². The molecule has 1 aromatic carbocycles. The monoisotopic (exact) mass is 955 g/mol. The summed E-state index contributed by atoms with van der Waals surface area (Å²) in [6, 6.07) is 5.56. The first-order chi connectivity index (χ1) is 32.7. The van der Waals surface area contributed by atoms with E-state index in [1.54, 1.807) is 17.9 Å². The lowest BCUT2D eigenvalue weighted by atomic mass is 9.93. The third-order valence-corrected chi connectivity index (χ3v) is 10.8. The van der Waals surface area contributed by atoms with Crippen LogP contribution in [0.25, 0.3) is 5.57 Å². The van der Waals surface area contributed by atoms with Gasteiger partial charge in [0.15, 0.2) is 0 Å².